The lowest BCUT2D eigenvalue weighted by atomic mass is 10.1. The van der Waals surface area contributed by atoms with Crippen molar-refractivity contribution in [2.24, 2.45) is 5.10 Å². The highest BCUT2D eigenvalue weighted by Gasteiger charge is 2.03. The van der Waals surface area contributed by atoms with E-state index in [4.69, 9.17) is 5.26 Å². The maximum atomic E-state index is 9.00. The van der Waals surface area contributed by atoms with Crippen molar-refractivity contribution in [3.63, 3.8) is 0 Å². The predicted molar refractivity (Wildman–Crippen MR) is 113 cm³/mol. The molecule has 0 aliphatic heterocycles. The molecule has 0 bridgehead atoms. The maximum Gasteiger partial charge on any atom is 0.203 e. The van der Waals surface area contributed by atoms with Crippen LogP contribution in [0.4, 0.5) is 5.13 Å². The number of aromatic nitrogens is 2. The summed E-state index contributed by atoms with van der Waals surface area (Å²) in [5, 5.41) is 16.0. The van der Waals surface area contributed by atoms with Gasteiger partial charge in [-0.05, 0) is 17.7 Å². The number of hydrazone groups is 1. The van der Waals surface area contributed by atoms with Crippen LogP contribution in [0.2, 0.25) is 0 Å². The first-order valence-electron chi connectivity index (χ1n) is 8.58. The lowest BCUT2D eigenvalue weighted by Crippen LogP contribution is -1.91. The molecule has 0 saturated heterocycles. The molecule has 2 aromatic heterocycles. The minimum absolute atomic E-state index is 0.596. The molecule has 4 aromatic rings. The molecule has 0 fully saturated rings. The van der Waals surface area contributed by atoms with Gasteiger partial charge in [0.2, 0.25) is 5.13 Å². The molecular weight excluding hydrogens is 366 g/mol. The zero-order valence-corrected chi connectivity index (χ0v) is 15.6. The standard InChI is InChI=1S/C22H15N5S/c23-13-17-10-11-24-20(12-17)19-8-6-16(7-9-19)14-25-27-22-26-21(15-28-22)18-4-2-1-3-5-18/h1-12,14-15H,(H,26,27). The fourth-order valence-electron chi connectivity index (χ4n) is 2.63. The van der Waals surface area contributed by atoms with E-state index in [1.165, 1.54) is 11.3 Å². The summed E-state index contributed by atoms with van der Waals surface area (Å²) in [6.07, 6.45) is 3.39. The highest BCUT2D eigenvalue weighted by molar-refractivity contribution is 7.14. The normalized spacial score (nSPS) is 10.7. The monoisotopic (exact) mass is 381 g/mol. The van der Waals surface area contributed by atoms with E-state index in [1.807, 2.05) is 60.0 Å². The van der Waals surface area contributed by atoms with Gasteiger partial charge in [-0.15, -0.1) is 11.3 Å². The third kappa shape index (κ3) is 4.11. The van der Waals surface area contributed by atoms with Gasteiger partial charge >= 0.3 is 0 Å². The number of nitrogens with zero attached hydrogens (tertiary/aromatic N) is 4. The van der Waals surface area contributed by atoms with Crippen molar-refractivity contribution in [3.8, 4) is 28.6 Å². The van der Waals surface area contributed by atoms with Crippen LogP contribution >= 0.6 is 11.3 Å². The summed E-state index contributed by atoms with van der Waals surface area (Å²) in [4.78, 5) is 8.85. The molecule has 0 amide bonds. The number of hydrogen-bond acceptors (Lipinski definition) is 6. The number of thiazole rings is 1. The van der Waals surface area contributed by atoms with E-state index in [1.54, 1.807) is 24.5 Å². The SMILES string of the molecule is N#Cc1ccnc(-c2ccc(C=NNc3nc(-c4ccccc4)cs3)cc2)c1. The number of nitrogens with one attached hydrogen (secondary N) is 1. The Labute approximate surface area is 166 Å². The first-order chi connectivity index (χ1) is 13.8. The molecule has 1 N–H and O–H groups in total. The van der Waals surface area contributed by atoms with Gasteiger partial charge in [-0.3, -0.25) is 10.4 Å². The largest absolute Gasteiger partial charge is 0.256 e. The first-order valence-corrected chi connectivity index (χ1v) is 9.46. The second-order valence-corrected chi connectivity index (χ2v) is 6.80. The second-order valence-electron chi connectivity index (χ2n) is 5.94. The summed E-state index contributed by atoms with van der Waals surface area (Å²) in [6.45, 7) is 0. The average molecular weight is 381 g/mol. The fraction of sp³-hybridized carbons (Fsp3) is 0. The lowest BCUT2D eigenvalue weighted by molar-refractivity contribution is 1.29. The molecule has 0 unspecified atom stereocenters. The Bertz CT molecular complexity index is 1140. The molecule has 28 heavy (non-hydrogen) atoms. The van der Waals surface area contributed by atoms with Crippen LogP contribution in [0.5, 0.6) is 0 Å². The Kier molecular flexibility index (Phi) is 5.18. The summed E-state index contributed by atoms with van der Waals surface area (Å²) in [6, 6.07) is 23.5. The Morgan fingerprint density at radius 3 is 2.54 bits per heavy atom. The molecular formula is C22H15N5S. The van der Waals surface area contributed by atoms with Crippen LogP contribution < -0.4 is 5.43 Å². The number of pyridine rings is 1. The molecule has 4 rings (SSSR count). The molecule has 6 heteroatoms. The summed E-state index contributed by atoms with van der Waals surface area (Å²) in [5.74, 6) is 0. The van der Waals surface area contributed by atoms with Gasteiger partial charge in [0, 0.05) is 22.7 Å². The summed E-state index contributed by atoms with van der Waals surface area (Å²) in [7, 11) is 0. The van der Waals surface area contributed by atoms with Crippen molar-refractivity contribution in [2.45, 2.75) is 0 Å². The van der Waals surface area contributed by atoms with E-state index < -0.39 is 0 Å². The Morgan fingerprint density at radius 1 is 0.964 bits per heavy atom. The van der Waals surface area contributed by atoms with Crippen molar-refractivity contribution in [1.82, 2.24) is 9.97 Å². The highest BCUT2D eigenvalue weighted by Crippen LogP contribution is 2.24. The topological polar surface area (TPSA) is 74.0 Å². The summed E-state index contributed by atoms with van der Waals surface area (Å²) >= 11 is 1.51. The third-order valence-electron chi connectivity index (χ3n) is 4.04. The van der Waals surface area contributed by atoms with Crippen molar-refractivity contribution in [2.75, 3.05) is 5.43 Å². The maximum absolute atomic E-state index is 9.00. The fourth-order valence-corrected chi connectivity index (χ4v) is 3.30. The van der Waals surface area contributed by atoms with Gasteiger partial charge in [0.1, 0.15) is 0 Å². The molecule has 2 heterocycles. The minimum Gasteiger partial charge on any atom is -0.256 e. The molecule has 0 spiro atoms. The van der Waals surface area contributed by atoms with Crippen molar-refractivity contribution < 1.29 is 0 Å². The van der Waals surface area contributed by atoms with Crippen molar-refractivity contribution in [3.05, 3.63) is 89.4 Å². The molecule has 2 aromatic carbocycles. The molecule has 0 saturated carbocycles. The van der Waals surface area contributed by atoms with Crippen molar-refractivity contribution >= 4 is 22.7 Å². The quantitative estimate of drug-likeness (QED) is 0.381. The van der Waals surface area contributed by atoms with E-state index in [-0.39, 0.29) is 0 Å². The van der Waals surface area contributed by atoms with Crippen LogP contribution in [-0.4, -0.2) is 16.2 Å². The van der Waals surface area contributed by atoms with Crippen LogP contribution in [0.15, 0.2) is 83.4 Å². The number of benzene rings is 2. The molecule has 134 valence electrons. The van der Waals surface area contributed by atoms with Crippen LogP contribution in [0.25, 0.3) is 22.5 Å². The van der Waals surface area contributed by atoms with Crippen molar-refractivity contribution in [1.29, 1.82) is 5.26 Å². The van der Waals surface area contributed by atoms with E-state index in [9.17, 15) is 0 Å². The van der Waals surface area contributed by atoms with Crippen LogP contribution in [-0.2, 0) is 0 Å². The number of rotatable bonds is 5. The molecule has 0 atom stereocenters. The van der Waals surface area contributed by atoms with E-state index in [2.05, 4.69) is 26.6 Å². The lowest BCUT2D eigenvalue weighted by Gasteiger charge is -2.01. The van der Waals surface area contributed by atoms with Gasteiger partial charge in [-0.2, -0.15) is 10.4 Å². The Balaban J connectivity index is 1.41. The van der Waals surface area contributed by atoms with Gasteiger partial charge in [0.15, 0.2) is 0 Å². The van der Waals surface area contributed by atoms with E-state index in [0.29, 0.717) is 5.56 Å². The molecule has 0 aliphatic carbocycles. The molecule has 5 nitrogen and oxygen atoms in total. The zero-order chi connectivity index (χ0) is 19.2. The molecule has 0 aliphatic rings. The molecule has 0 radical (unpaired) electrons. The third-order valence-corrected chi connectivity index (χ3v) is 4.79. The van der Waals surface area contributed by atoms with E-state index >= 15 is 0 Å². The summed E-state index contributed by atoms with van der Waals surface area (Å²) in [5.41, 5.74) is 8.26. The van der Waals surface area contributed by atoms with Gasteiger partial charge in [-0.25, -0.2) is 4.98 Å². The van der Waals surface area contributed by atoms with Crippen LogP contribution in [0.3, 0.4) is 0 Å². The predicted octanol–water partition coefficient (Wildman–Crippen LogP) is 5.19. The minimum atomic E-state index is 0.596. The first kappa shape index (κ1) is 17.6. The van der Waals surface area contributed by atoms with Gasteiger partial charge in [0.25, 0.3) is 0 Å². The van der Waals surface area contributed by atoms with Crippen LogP contribution in [0, 0.1) is 11.3 Å². The zero-order valence-electron chi connectivity index (χ0n) is 14.8. The second kappa shape index (κ2) is 8.25. The highest BCUT2D eigenvalue weighted by atomic mass is 32.1. The summed E-state index contributed by atoms with van der Waals surface area (Å²) < 4.78 is 0. The Hall–Kier alpha value is -3.82. The smallest absolute Gasteiger partial charge is 0.203 e. The Morgan fingerprint density at radius 2 is 1.75 bits per heavy atom. The number of anilines is 1. The van der Waals surface area contributed by atoms with E-state index in [0.717, 1.165) is 33.2 Å². The number of nitriles is 1. The van der Waals surface area contributed by atoms with Gasteiger partial charge in [-0.1, -0.05) is 54.6 Å². The number of hydrogen-bond donors (Lipinski definition) is 1. The van der Waals surface area contributed by atoms with Gasteiger partial charge < -0.3 is 0 Å². The van der Waals surface area contributed by atoms with Gasteiger partial charge in [0.05, 0.1) is 29.2 Å². The average Bonchev–Trinajstić information content (AvgIpc) is 3.24. The van der Waals surface area contributed by atoms with Crippen LogP contribution in [0.1, 0.15) is 11.1 Å².